The molecule has 0 saturated carbocycles. The molecule has 0 bridgehead atoms. The van der Waals surface area contributed by atoms with E-state index in [2.05, 4.69) is 4.72 Å². The van der Waals surface area contributed by atoms with Crippen LogP contribution in [0.5, 0.6) is 0 Å². The number of rotatable bonds is 6. The van der Waals surface area contributed by atoms with E-state index in [0.717, 1.165) is 0 Å². The number of hydrogen-bond donors (Lipinski definition) is 2. The number of aliphatic carboxylic acids is 1. The summed E-state index contributed by atoms with van der Waals surface area (Å²) in [5.74, 6) is -1.24. The van der Waals surface area contributed by atoms with E-state index in [1.165, 1.54) is 25.1 Å². The molecule has 0 aromatic heterocycles. The summed E-state index contributed by atoms with van der Waals surface area (Å²) in [5.41, 5.74) is -1.58. The van der Waals surface area contributed by atoms with Gasteiger partial charge in [-0.05, 0) is 31.5 Å². The molecular weight excluding hydrogens is 325 g/mol. The van der Waals surface area contributed by atoms with E-state index in [-0.39, 0.29) is 21.4 Å². The average Bonchev–Trinajstić information content (AvgIpc) is 2.26. The van der Waals surface area contributed by atoms with Gasteiger partial charge in [-0.25, -0.2) is 8.42 Å². The number of hydrogen-bond acceptors (Lipinski definition) is 3. The lowest BCUT2D eigenvalue weighted by Crippen LogP contribution is -2.51. The SMILES string of the molecule is CCCC(C)(NS(=O)(=O)c1cc(Cl)cc(Cl)c1)C(=O)O. The van der Waals surface area contributed by atoms with Crippen molar-refractivity contribution in [3.8, 4) is 0 Å². The standard InChI is InChI=1S/C12H15Cl2NO4S/c1-3-4-12(2,11(16)17)15-20(18,19)10-6-8(13)5-9(14)7-10/h5-7,15H,3-4H2,1-2H3,(H,16,17). The second-order valence-electron chi connectivity index (χ2n) is 4.60. The third kappa shape index (κ3) is 4.09. The van der Waals surface area contributed by atoms with Gasteiger partial charge in [-0.15, -0.1) is 0 Å². The minimum atomic E-state index is -4.03. The monoisotopic (exact) mass is 339 g/mol. The maximum atomic E-state index is 12.2. The number of benzene rings is 1. The molecule has 5 nitrogen and oxygen atoms in total. The van der Waals surface area contributed by atoms with Crippen LogP contribution in [0.15, 0.2) is 23.1 Å². The molecule has 0 aliphatic carbocycles. The molecule has 0 amide bonds. The van der Waals surface area contributed by atoms with Gasteiger partial charge in [0.2, 0.25) is 10.0 Å². The molecule has 0 saturated heterocycles. The Morgan fingerprint density at radius 3 is 2.20 bits per heavy atom. The Labute approximate surface area is 127 Å². The van der Waals surface area contributed by atoms with Crippen LogP contribution < -0.4 is 4.72 Å². The number of carboxylic acid groups (broad SMARTS) is 1. The quantitative estimate of drug-likeness (QED) is 0.834. The second-order valence-corrected chi connectivity index (χ2v) is 7.15. The predicted molar refractivity (Wildman–Crippen MR) is 77.7 cm³/mol. The zero-order valence-corrected chi connectivity index (χ0v) is 13.3. The summed E-state index contributed by atoms with van der Waals surface area (Å²) in [5, 5.41) is 9.52. The summed E-state index contributed by atoms with van der Waals surface area (Å²) < 4.78 is 26.7. The van der Waals surface area contributed by atoms with E-state index in [9.17, 15) is 18.3 Å². The Balaban J connectivity index is 3.19. The lowest BCUT2D eigenvalue weighted by atomic mass is 9.98. The Morgan fingerprint density at radius 1 is 1.30 bits per heavy atom. The molecule has 1 aromatic carbocycles. The van der Waals surface area contributed by atoms with Gasteiger partial charge in [0.05, 0.1) is 4.90 Å². The van der Waals surface area contributed by atoms with Crippen LogP contribution in [-0.2, 0) is 14.8 Å². The summed E-state index contributed by atoms with van der Waals surface area (Å²) in [6, 6.07) is 3.82. The maximum Gasteiger partial charge on any atom is 0.324 e. The van der Waals surface area contributed by atoms with Gasteiger partial charge in [-0.2, -0.15) is 4.72 Å². The van der Waals surface area contributed by atoms with Crippen molar-refractivity contribution in [1.29, 1.82) is 0 Å². The third-order valence-corrected chi connectivity index (χ3v) is 4.74. The topological polar surface area (TPSA) is 83.5 Å². The van der Waals surface area contributed by atoms with Gasteiger partial charge in [0.15, 0.2) is 0 Å². The van der Waals surface area contributed by atoms with Crippen molar-refractivity contribution in [1.82, 2.24) is 4.72 Å². The summed E-state index contributed by atoms with van der Waals surface area (Å²) in [7, 11) is -4.03. The van der Waals surface area contributed by atoms with Crippen LogP contribution in [0.2, 0.25) is 10.0 Å². The Kier molecular flexibility index (Phi) is 5.43. The van der Waals surface area contributed by atoms with Gasteiger partial charge in [0.25, 0.3) is 0 Å². The molecule has 0 aliphatic rings. The minimum Gasteiger partial charge on any atom is -0.480 e. The Hall–Kier alpha value is -0.820. The molecular formula is C12H15Cl2NO4S. The molecule has 112 valence electrons. The van der Waals surface area contributed by atoms with Crippen LogP contribution in [0.3, 0.4) is 0 Å². The lowest BCUT2D eigenvalue weighted by molar-refractivity contribution is -0.143. The van der Waals surface area contributed by atoms with Crippen LogP contribution in [0.25, 0.3) is 0 Å². The van der Waals surface area contributed by atoms with Crippen LogP contribution in [0.4, 0.5) is 0 Å². The van der Waals surface area contributed by atoms with Gasteiger partial charge in [0.1, 0.15) is 5.54 Å². The van der Waals surface area contributed by atoms with E-state index in [0.29, 0.717) is 6.42 Å². The highest BCUT2D eigenvalue weighted by Crippen LogP contribution is 2.24. The van der Waals surface area contributed by atoms with Gasteiger partial charge in [-0.3, -0.25) is 4.79 Å². The number of carboxylic acids is 1. The molecule has 0 spiro atoms. The number of sulfonamides is 1. The zero-order chi connectivity index (χ0) is 15.6. The Morgan fingerprint density at radius 2 is 1.80 bits per heavy atom. The highest BCUT2D eigenvalue weighted by molar-refractivity contribution is 7.89. The van der Waals surface area contributed by atoms with E-state index in [1.54, 1.807) is 6.92 Å². The average molecular weight is 340 g/mol. The molecule has 1 atom stereocenters. The molecule has 1 rings (SSSR count). The minimum absolute atomic E-state index is 0.158. The van der Waals surface area contributed by atoms with Crippen LogP contribution in [0, 0.1) is 0 Å². The Bertz CT molecular complexity index is 598. The summed E-state index contributed by atoms with van der Waals surface area (Å²) >= 11 is 11.5. The van der Waals surface area contributed by atoms with Crippen LogP contribution >= 0.6 is 23.2 Å². The van der Waals surface area contributed by atoms with Gasteiger partial charge < -0.3 is 5.11 Å². The van der Waals surface area contributed by atoms with Crippen molar-refractivity contribution in [2.24, 2.45) is 0 Å². The highest BCUT2D eigenvalue weighted by Gasteiger charge is 2.37. The first kappa shape index (κ1) is 17.2. The molecule has 1 unspecified atom stereocenters. The largest absolute Gasteiger partial charge is 0.480 e. The number of halogens is 2. The molecule has 1 aromatic rings. The molecule has 0 fully saturated rings. The van der Waals surface area contributed by atoms with Gasteiger partial charge in [0, 0.05) is 10.0 Å². The molecule has 0 radical (unpaired) electrons. The number of carbonyl (C=O) groups is 1. The predicted octanol–water partition coefficient (Wildman–Crippen LogP) is 2.92. The van der Waals surface area contributed by atoms with Crippen molar-refractivity contribution < 1.29 is 18.3 Å². The molecule has 0 heterocycles. The summed E-state index contributed by atoms with van der Waals surface area (Å²) in [6.07, 6.45) is 0.678. The van der Waals surface area contributed by atoms with E-state index < -0.39 is 21.5 Å². The van der Waals surface area contributed by atoms with Crippen molar-refractivity contribution in [2.45, 2.75) is 37.1 Å². The van der Waals surface area contributed by atoms with Gasteiger partial charge >= 0.3 is 5.97 Å². The fourth-order valence-corrected chi connectivity index (χ4v) is 3.86. The molecule has 0 aliphatic heterocycles. The fraction of sp³-hybridized carbons (Fsp3) is 0.417. The van der Waals surface area contributed by atoms with Crippen molar-refractivity contribution in [2.75, 3.05) is 0 Å². The van der Waals surface area contributed by atoms with E-state index >= 15 is 0 Å². The lowest BCUT2D eigenvalue weighted by Gasteiger charge is -2.25. The summed E-state index contributed by atoms with van der Waals surface area (Å²) in [6.45, 7) is 3.09. The van der Waals surface area contributed by atoms with Crippen LogP contribution in [-0.4, -0.2) is 25.0 Å². The first-order chi connectivity index (χ1) is 9.10. The third-order valence-electron chi connectivity index (χ3n) is 2.73. The van der Waals surface area contributed by atoms with E-state index in [1.807, 2.05) is 0 Å². The van der Waals surface area contributed by atoms with Crippen molar-refractivity contribution >= 4 is 39.2 Å². The normalized spacial score (nSPS) is 14.8. The van der Waals surface area contributed by atoms with Gasteiger partial charge in [-0.1, -0.05) is 36.5 Å². The number of nitrogens with one attached hydrogen (secondary N) is 1. The first-order valence-corrected chi connectivity index (χ1v) is 8.08. The second kappa shape index (κ2) is 6.30. The summed E-state index contributed by atoms with van der Waals surface area (Å²) in [4.78, 5) is 11.1. The van der Waals surface area contributed by atoms with Crippen molar-refractivity contribution in [3.63, 3.8) is 0 Å². The first-order valence-electron chi connectivity index (χ1n) is 5.84. The smallest absolute Gasteiger partial charge is 0.324 e. The zero-order valence-electron chi connectivity index (χ0n) is 11.0. The van der Waals surface area contributed by atoms with Crippen molar-refractivity contribution in [3.05, 3.63) is 28.2 Å². The van der Waals surface area contributed by atoms with E-state index in [4.69, 9.17) is 23.2 Å². The molecule has 2 N–H and O–H groups in total. The molecule has 8 heteroatoms. The highest BCUT2D eigenvalue weighted by atomic mass is 35.5. The maximum absolute atomic E-state index is 12.2. The van der Waals surface area contributed by atoms with Crippen LogP contribution in [0.1, 0.15) is 26.7 Å². The fourth-order valence-electron chi connectivity index (χ4n) is 1.74. The molecule has 20 heavy (non-hydrogen) atoms.